The molecule has 3 heteroatoms. The minimum atomic E-state index is 0.560. The molecule has 0 radical (unpaired) electrons. The molecule has 1 atom stereocenters. The lowest BCUT2D eigenvalue weighted by Crippen LogP contribution is -2.07. The van der Waals surface area contributed by atoms with Gasteiger partial charge in [-0.15, -0.1) is 0 Å². The van der Waals surface area contributed by atoms with E-state index in [0.717, 1.165) is 16.6 Å². The molecule has 0 spiro atoms. The molecule has 0 aliphatic carbocycles. The quantitative estimate of drug-likeness (QED) is 0.786. The van der Waals surface area contributed by atoms with Gasteiger partial charge in [-0.1, -0.05) is 47.8 Å². The van der Waals surface area contributed by atoms with Crippen LogP contribution in [0.25, 0.3) is 0 Å². The van der Waals surface area contributed by atoms with Crippen LogP contribution in [-0.2, 0) is 0 Å². The van der Waals surface area contributed by atoms with Crippen LogP contribution in [-0.4, -0.2) is 6.61 Å². The summed E-state index contributed by atoms with van der Waals surface area (Å²) in [6.45, 7) is 5.02. The van der Waals surface area contributed by atoms with Gasteiger partial charge in [0.2, 0.25) is 0 Å². The Labute approximate surface area is 98.5 Å². The highest BCUT2D eigenvalue weighted by atomic mass is 79.9. The maximum Gasteiger partial charge on any atom is 0.139 e. The van der Waals surface area contributed by atoms with Gasteiger partial charge in [0, 0.05) is 4.47 Å². The Morgan fingerprint density at radius 3 is 2.86 bits per heavy atom. The second-order valence-electron chi connectivity index (χ2n) is 3.40. The third-order valence-electron chi connectivity index (χ3n) is 2.11. The van der Waals surface area contributed by atoms with Gasteiger partial charge in [0.1, 0.15) is 5.75 Å². The van der Waals surface area contributed by atoms with Crippen molar-refractivity contribution in [1.29, 1.82) is 0 Å². The first kappa shape index (κ1) is 11.9. The number of benzene rings is 1. The summed E-state index contributed by atoms with van der Waals surface area (Å²) < 4.78 is 6.60. The Kier molecular flexibility index (Phi) is 4.76. The second-order valence-corrected chi connectivity index (χ2v) is 4.72. The topological polar surface area (TPSA) is 9.23 Å². The number of halogens is 2. The molecule has 1 unspecified atom stereocenters. The molecule has 0 heterocycles. The molecule has 0 aromatic heterocycles. The van der Waals surface area contributed by atoms with E-state index in [9.17, 15) is 0 Å². The van der Waals surface area contributed by atoms with E-state index >= 15 is 0 Å². The van der Waals surface area contributed by atoms with Gasteiger partial charge in [-0.05, 0) is 24.1 Å². The lowest BCUT2D eigenvalue weighted by atomic mass is 10.1. The van der Waals surface area contributed by atoms with E-state index in [4.69, 9.17) is 16.3 Å². The van der Waals surface area contributed by atoms with Crippen molar-refractivity contribution in [2.24, 2.45) is 5.92 Å². The summed E-state index contributed by atoms with van der Waals surface area (Å²) in [4.78, 5) is 0. The zero-order chi connectivity index (χ0) is 10.6. The zero-order valence-electron chi connectivity index (χ0n) is 8.39. The van der Waals surface area contributed by atoms with E-state index in [0.29, 0.717) is 17.5 Å². The van der Waals surface area contributed by atoms with Crippen molar-refractivity contribution in [3.05, 3.63) is 27.7 Å². The van der Waals surface area contributed by atoms with Crippen molar-refractivity contribution in [3.63, 3.8) is 0 Å². The third-order valence-corrected chi connectivity index (χ3v) is 2.92. The van der Waals surface area contributed by atoms with Crippen LogP contribution in [0.3, 0.4) is 0 Å². The summed E-state index contributed by atoms with van der Waals surface area (Å²) >= 11 is 9.36. The van der Waals surface area contributed by atoms with Crippen LogP contribution < -0.4 is 4.74 Å². The highest BCUT2D eigenvalue weighted by Crippen LogP contribution is 2.28. The smallest absolute Gasteiger partial charge is 0.139 e. The summed E-state index contributed by atoms with van der Waals surface area (Å²) in [5, 5.41) is 0.663. The van der Waals surface area contributed by atoms with E-state index in [2.05, 4.69) is 29.8 Å². The van der Waals surface area contributed by atoms with Gasteiger partial charge in [-0.3, -0.25) is 0 Å². The first-order chi connectivity index (χ1) is 6.63. The third kappa shape index (κ3) is 3.50. The summed E-state index contributed by atoms with van der Waals surface area (Å²) in [5.41, 5.74) is 0. The van der Waals surface area contributed by atoms with Crippen LogP contribution in [0.1, 0.15) is 20.3 Å². The number of hydrogen-bond acceptors (Lipinski definition) is 1. The van der Waals surface area contributed by atoms with Crippen LogP contribution >= 0.6 is 27.5 Å². The van der Waals surface area contributed by atoms with E-state index in [1.54, 1.807) is 0 Å². The molecule has 1 nitrogen and oxygen atoms in total. The van der Waals surface area contributed by atoms with Crippen molar-refractivity contribution in [2.45, 2.75) is 20.3 Å². The van der Waals surface area contributed by atoms with Crippen molar-refractivity contribution in [2.75, 3.05) is 6.61 Å². The molecule has 0 amide bonds. The molecule has 1 aromatic carbocycles. The fourth-order valence-electron chi connectivity index (χ4n) is 0.938. The van der Waals surface area contributed by atoms with Gasteiger partial charge in [-0.25, -0.2) is 0 Å². The van der Waals surface area contributed by atoms with E-state index < -0.39 is 0 Å². The van der Waals surface area contributed by atoms with Crippen molar-refractivity contribution < 1.29 is 4.74 Å². The first-order valence-corrected chi connectivity index (χ1v) is 5.88. The normalized spacial score (nSPS) is 12.6. The highest BCUT2D eigenvalue weighted by molar-refractivity contribution is 9.10. The Morgan fingerprint density at radius 1 is 1.50 bits per heavy atom. The molecule has 1 aromatic rings. The van der Waals surface area contributed by atoms with E-state index in [1.165, 1.54) is 0 Å². The predicted octanol–water partition coefficient (Wildman–Crippen LogP) is 4.53. The zero-order valence-corrected chi connectivity index (χ0v) is 10.7. The fraction of sp³-hybridized carbons (Fsp3) is 0.455. The average molecular weight is 278 g/mol. The predicted molar refractivity (Wildman–Crippen MR) is 64.1 cm³/mol. The van der Waals surface area contributed by atoms with Gasteiger partial charge < -0.3 is 4.74 Å². The molecule has 1 rings (SSSR count). The van der Waals surface area contributed by atoms with Crippen LogP contribution in [0.2, 0.25) is 5.02 Å². The van der Waals surface area contributed by atoms with Crippen LogP contribution in [0.4, 0.5) is 0 Å². The Hall–Kier alpha value is -0.210. The average Bonchev–Trinajstić information content (AvgIpc) is 2.19. The number of rotatable bonds is 4. The van der Waals surface area contributed by atoms with Gasteiger partial charge >= 0.3 is 0 Å². The number of ether oxygens (including phenoxy) is 1. The first-order valence-electron chi connectivity index (χ1n) is 4.71. The SMILES string of the molecule is CCC(C)COc1cc(Br)ccc1Cl. The molecule has 78 valence electrons. The standard InChI is InChI=1S/C11H14BrClO/c1-3-8(2)7-14-11-6-9(12)4-5-10(11)13/h4-6,8H,3,7H2,1-2H3. The largest absolute Gasteiger partial charge is 0.492 e. The van der Waals surface area contributed by atoms with Crippen LogP contribution in [0.15, 0.2) is 22.7 Å². The van der Waals surface area contributed by atoms with Gasteiger partial charge in [0.25, 0.3) is 0 Å². The summed E-state index contributed by atoms with van der Waals surface area (Å²) in [5.74, 6) is 1.31. The maximum absolute atomic E-state index is 5.98. The lowest BCUT2D eigenvalue weighted by molar-refractivity contribution is 0.256. The Bertz CT molecular complexity index is 301. The second kappa shape index (κ2) is 5.62. The Morgan fingerprint density at radius 2 is 2.21 bits per heavy atom. The van der Waals surface area contributed by atoms with Gasteiger partial charge in [-0.2, -0.15) is 0 Å². The van der Waals surface area contributed by atoms with Crippen molar-refractivity contribution in [1.82, 2.24) is 0 Å². The van der Waals surface area contributed by atoms with Crippen molar-refractivity contribution in [3.8, 4) is 5.75 Å². The van der Waals surface area contributed by atoms with Crippen LogP contribution in [0.5, 0.6) is 5.75 Å². The van der Waals surface area contributed by atoms with Gasteiger partial charge in [0.15, 0.2) is 0 Å². The van der Waals surface area contributed by atoms with Crippen LogP contribution in [0, 0.1) is 5.92 Å². The molecule has 0 saturated heterocycles. The Balaban J connectivity index is 2.62. The molecule has 0 aliphatic heterocycles. The number of hydrogen-bond donors (Lipinski definition) is 0. The summed E-state index contributed by atoms with van der Waals surface area (Å²) in [7, 11) is 0. The molecule has 0 N–H and O–H groups in total. The van der Waals surface area contributed by atoms with Gasteiger partial charge in [0.05, 0.1) is 11.6 Å². The van der Waals surface area contributed by atoms with E-state index in [-0.39, 0.29) is 0 Å². The molecule has 0 fully saturated rings. The minimum absolute atomic E-state index is 0.560. The molecule has 0 bridgehead atoms. The van der Waals surface area contributed by atoms with E-state index in [1.807, 2.05) is 18.2 Å². The molecule has 0 aliphatic rings. The molecule has 14 heavy (non-hydrogen) atoms. The highest BCUT2D eigenvalue weighted by Gasteiger charge is 2.04. The monoisotopic (exact) mass is 276 g/mol. The molecular formula is C11H14BrClO. The molecule has 0 saturated carbocycles. The van der Waals surface area contributed by atoms with Crippen molar-refractivity contribution >= 4 is 27.5 Å². The minimum Gasteiger partial charge on any atom is -0.492 e. The molecular weight excluding hydrogens is 263 g/mol. The summed E-state index contributed by atoms with van der Waals surface area (Å²) in [6, 6.07) is 5.63. The fourth-order valence-corrected chi connectivity index (χ4v) is 1.45. The summed E-state index contributed by atoms with van der Waals surface area (Å²) in [6.07, 6.45) is 1.12. The lowest BCUT2D eigenvalue weighted by Gasteiger charge is -2.12. The maximum atomic E-state index is 5.98.